The molecule has 0 saturated heterocycles. The summed E-state index contributed by atoms with van der Waals surface area (Å²) in [6.07, 6.45) is 0.966. The predicted octanol–water partition coefficient (Wildman–Crippen LogP) is 1.99. The summed E-state index contributed by atoms with van der Waals surface area (Å²) in [5.41, 5.74) is 1.58. The van der Waals surface area contributed by atoms with Crippen LogP contribution in [0.1, 0.15) is 29.3 Å². The predicted molar refractivity (Wildman–Crippen MR) is 70.6 cm³/mol. The number of esters is 1. The Bertz CT molecular complexity index is 366. The highest BCUT2D eigenvalue weighted by atomic mass is 16.5. The molecule has 1 aromatic rings. The van der Waals surface area contributed by atoms with Crippen molar-refractivity contribution < 1.29 is 14.3 Å². The Morgan fingerprint density at radius 2 is 2.11 bits per heavy atom. The van der Waals surface area contributed by atoms with Crippen LogP contribution in [0.5, 0.6) is 0 Å². The summed E-state index contributed by atoms with van der Waals surface area (Å²) >= 11 is 0. The maximum absolute atomic E-state index is 11.5. The molecule has 0 heterocycles. The van der Waals surface area contributed by atoms with Crippen LogP contribution in [-0.4, -0.2) is 32.8 Å². The Kier molecular flexibility index (Phi) is 7.06. The van der Waals surface area contributed by atoms with Gasteiger partial charge in [0.1, 0.15) is 0 Å². The molecule has 0 fully saturated rings. The fraction of sp³-hybridized carbons (Fsp3) is 0.500. The summed E-state index contributed by atoms with van der Waals surface area (Å²) in [5, 5.41) is 3.29. The van der Waals surface area contributed by atoms with Crippen molar-refractivity contribution in [2.24, 2.45) is 0 Å². The molecule has 4 heteroatoms. The van der Waals surface area contributed by atoms with E-state index in [2.05, 4.69) is 5.32 Å². The quantitative estimate of drug-likeness (QED) is 0.567. The summed E-state index contributed by atoms with van der Waals surface area (Å²) in [6, 6.07) is 7.47. The van der Waals surface area contributed by atoms with Gasteiger partial charge in [-0.3, -0.25) is 0 Å². The fourth-order valence-electron chi connectivity index (χ4n) is 1.65. The summed E-state index contributed by atoms with van der Waals surface area (Å²) in [4.78, 5) is 11.5. The molecule has 100 valence electrons. The minimum atomic E-state index is -0.290. The van der Waals surface area contributed by atoms with Crippen LogP contribution in [0.2, 0.25) is 0 Å². The van der Waals surface area contributed by atoms with Gasteiger partial charge in [-0.1, -0.05) is 18.2 Å². The normalized spacial score (nSPS) is 10.3. The van der Waals surface area contributed by atoms with Crippen LogP contribution < -0.4 is 5.32 Å². The molecule has 0 radical (unpaired) electrons. The number of ether oxygens (including phenoxy) is 2. The van der Waals surface area contributed by atoms with Gasteiger partial charge in [0.2, 0.25) is 0 Å². The van der Waals surface area contributed by atoms with Gasteiger partial charge >= 0.3 is 5.97 Å². The van der Waals surface area contributed by atoms with Crippen molar-refractivity contribution in [2.45, 2.75) is 19.9 Å². The zero-order chi connectivity index (χ0) is 13.2. The zero-order valence-corrected chi connectivity index (χ0v) is 11.1. The van der Waals surface area contributed by atoms with Gasteiger partial charge < -0.3 is 14.8 Å². The molecule has 1 rings (SSSR count). The van der Waals surface area contributed by atoms with Crippen LogP contribution in [0.15, 0.2) is 24.3 Å². The number of hydrogen-bond acceptors (Lipinski definition) is 4. The second-order valence-electron chi connectivity index (χ2n) is 3.88. The molecule has 0 aromatic heterocycles. The average molecular weight is 251 g/mol. The van der Waals surface area contributed by atoms with E-state index < -0.39 is 0 Å². The van der Waals surface area contributed by atoms with Crippen molar-refractivity contribution in [1.29, 1.82) is 0 Å². The SMILES string of the molecule is CCOCCCNCc1ccccc1C(=O)OC. The summed E-state index contributed by atoms with van der Waals surface area (Å²) in [5.74, 6) is -0.290. The third kappa shape index (κ3) is 4.85. The summed E-state index contributed by atoms with van der Waals surface area (Å²) < 4.78 is 10.0. The molecule has 4 nitrogen and oxygen atoms in total. The number of nitrogens with one attached hydrogen (secondary N) is 1. The highest BCUT2D eigenvalue weighted by Gasteiger charge is 2.09. The van der Waals surface area contributed by atoms with Gasteiger partial charge in [0, 0.05) is 19.8 Å². The standard InChI is InChI=1S/C14H21NO3/c1-3-18-10-6-9-15-11-12-7-4-5-8-13(12)14(16)17-2/h4-5,7-8,15H,3,6,9-11H2,1-2H3. The van der Waals surface area contributed by atoms with Gasteiger partial charge in [0.15, 0.2) is 0 Å². The molecule has 0 atom stereocenters. The summed E-state index contributed by atoms with van der Waals surface area (Å²) in [7, 11) is 1.40. The highest BCUT2D eigenvalue weighted by Crippen LogP contribution is 2.09. The topological polar surface area (TPSA) is 47.6 Å². The molecule has 0 spiro atoms. The van der Waals surface area contributed by atoms with Crippen molar-refractivity contribution in [3.8, 4) is 0 Å². The largest absolute Gasteiger partial charge is 0.465 e. The number of hydrogen-bond donors (Lipinski definition) is 1. The lowest BCUT2D eigenvalue weighted by Gasteiger charge is -2.09. The Balaban J connectivity index is 2.39. The third-order valence-electron chi connectivity index (χ3n) is 2.58. The van der Waals surface area contributed by atoms with E-state index in [4.69, 9.17) is 9.47 Å². The molecule has 0 bridgehead atoms. The van der Waals surface area contributed by atoms with Crippen LogP contribution in [0.3, 0.4) is 0 Å². The van der Waals surface area contributed by atoms with E-state index in [0.717, 1.165) is 31.7 Å². The number of carbonyl (C=O) groups is 1. The first-order valence-electron chi connectivity index (χ1n) is 6.24. The number of carbonyl (C=O) groups excluding carboxylic acids is 1. The molecule has 0 amide bonds. The van der Waals surface area contributed by atoms with E-state index >= 15 is 0 Å². The van der Waals surface area contributed by atoms with E-state index in [0.29, 0.717) is 12.1 Å². The van der Waals surface area contributed by atoms with Crippen molar-refractivity contribution >= 4 is 5.97 Å². The zero-order valence-electron chi connectivity index (χ0n) is 11.1. The van der Waals surface area contributed by atoms with E-state index in [9.17, 15) is 4.79 Å². The molecule has 0 saturated carbocycles. The molecule has 0 unspecified atom stereocenters. The maximum atomic E-state index is 11.5. The van der Waals surface area contributed by atoms with Crippen molar-refractivity contribution in [1.82, 2.24) is 5.32 Å². The van der Waals surface area contributed by atoms with E-state index in [-0.39, 0.29) is 5.97 Å². The third-order valence-corrected chi connectivity index (χ3v) is 2.58. The van der Waals surface area contributed by atoms with Gasteiger partial charge in [-0.15, -0.1) is 0 Å². The van der Waals surface area contributed by atoms with Gasteiger partial charge in [-0.2, -0.15) is 0 Å². The minimum Gasteiger partial charge on any atom is -0.465 e. The first-order chi connectivity index (χ1) is 8.79. The highest BCUT2D eigenvalue weighted by molar-refractivity contribution is 5.90. The molecule has 0 aliphatic heterocycles. The average Bonchev–Trinajstić information content (AvgIpc) is 2.42. The number of rotatable bonds is 8. The molecule has 1 N–H and O–H groups in total. The van der Waals surface area contributed by atoms with Gasteiger partial charge in [0.25, 0.3) is 0 Å². The van der Waals surface area contributed by atoms with Crippen molar-refractivity contribution in [3.05, 3.63) is 35.4 Å². The molecular weight excluding hydrogens is 230 g/mol. The molecular formula is C14H21NO3. The van der Waals surface area contributed by atoms with Crippen LogP contribution >= 0.6 is 0 Å². The van der Waals surface area contributed by atoms with E-state index in [1.54, 1.807) is 6.07 Å². The Morgan fingerprint density at radius 1 is 1.33 bits per heavy atom. The monoisotopic (exact) mass is 251 g/mol. The number of methoxy groups -OCH3 is 1. The minimum absolute atomic E-state index is 0.290. The lowest BCUT2D eigenvalue weighted by atomic mass is 10.1. The molecule has 18 heavy (non-hydrogen) atoms. The second kappa shape index (κ2) is 8.66. The van der Waals surface area contributed by atoms with Gasteiger partial charge in [-0.25, -0.2) is 4.79 Å². The van der Waals surface area contributed by atoms with Gasteiger partial charge in [-0.05, 0) is 31.5 Å². The van der Waals surface area contributed by atoms with Crippen LogP contribution in [-0.2, 0) is 16.0 Å². The maximum Gasteiger partial charge on any atom is 0.338 e. The molecule has 1 aromatic carbocycles. The van der Waals surface area contributed by atoms with Crippen molar-refractivity contribution in [3.63, 3.8) is 0 Å². The lowest BCUT2D eigenvalue weighted by molar-refractivity contribution is 0.0599. The fourth-order valence-corrected chi connectivity index (χ4v) is 1.65. The summed E-state index contributed by atoms with van der Waals surface area (Å²) in [6.45, 7) is 5.04. The lowest BCUT2D eigenvalue weighted by Crippen LogP contribution is -2.18. The second-order valence-corrected chi connectivity index (χ2v) is 3.88. The number of benzene rings is 1. The van der Waals surface area contributed by atoms with Crippen LogP contribution in [0, 0.1) is 0 Å². The van der Waals surface area contributed by atoms with Gasteiger partial charge in [0.05, 0.1) is 12.7 Å². The Hall–Kier alpha value is -1.39. The van der Waals surface area contributed by atoms with Crippen LogP contribution in [0.4, 0.5) is 0 Å². The van der Waals surface area contributed by atoms with Crippen LogP contribution in [0.25, 0.3) is 0 Å². The Morgan fingerprint density at radius 3 is 2.83 bits per heavy atom. The van der Waals surface area contributed by atoms with Crippen molar-refractivity contribution in [2.75, 3.05) is 26.9 Å². The smallest absolute Gasteiger partial charge is 0.338 e. The van der Waals surface area contributed by atoms with E-state index in [1.165, 1.54) is 7.11 Å². The first-order valence-corrected chi connectivity index (χ1v) is 6.24. The van der Waals surface area contributed by atoms with E-state index in [1.807, 2.05) is 25.1 Å². The first kappa shape index (κ1) is 14.7. The molecule has 0 aliphatic carbocycles. The molecule has 0 aliphatic rings. The Labute approximate surface area is 108 Å².